The molecular weight excluding hydrogens is 555 g/mol. The molecule has 4 aromatic rings. The van der Waals surface area contributed by atoms with Gasteiger partial charge in [0.25, 0.3) is 0 Å². The molecule has 2 saturated heterocycles. The highest BCUT2D eigenvalue weighted by Crippen LogP contribution is 2.45. The molecule has 1 unspecified atom stereocenters. The molecule has 20 heteroatoms. The summed E-state index contributed by atoms with van der Waals surface area (Å²) in [5.41, 5.74) is 12.8. The Morgan fingerprint density at radius 2 is 1.43 bits per heavy atom. The molecule has 0 aromatic carbocycles. The van der Waals surface area contributed by atoms with E-state index in [4.69, 9.17) is 30.0 Å². The molecule has 8 atom stereocenters. The molecule has 8 N–H and O–H groups in total. The number of phosphoric ester groups is 1. The lowest BCUT2D eigenvalue weighted by Gasteiger charge is -2.19. The van der Waals surface area contributed by atoms with Crippen molar-refractivity contribution in [1.82, 2.24) is 39.0 Å². The maximum atomic E-state index is 12.5. The lowest BCUT2D eigenvalue weighted by molar-refractivity contribution is -0.0587. The molecule has 19 nitrogen and oxygen atoms in total. The van der Waals surface area contributed by atoms with E-state index in [0.29, 0.717) is 11.2 Å². The molecule has 6 rings (SSSR count). The van der Waals surface area contributed by atoms with Crippen LogP contribution in [0.15, 0.2) is 25.3 Å². The summed E-state index contributed by atoms with van der Waals surface area (Å²) in [5.74, 6) is 0.291. The van der Waals surface area contributed by atoms with Crippen molar-refractivity contribution in [1.29, 1.82) is 0 Å². The van der Waals surface area contributed by atoms with Gasteiger partial charge in [-0.15, -0.1) is 0 Å². The molecule has 40 heavy (non-hydrogen) atoms. The van der Waals surface area contributed by atoms with E-state index in [2.05, 4.69) is 29.9 Å². The largest absolute Gasteiger partial charge is 0.472 e. The van der Waals surface area contributed by atoms with Crippen LogP contribution in [0.25, 0.3) is 22.3 Å². The van der Waals surface area contributed by atoms with Crippen LogP contribution in [0.5, 0.6) is 0 Å². The average molecular weight is 580 g/mol. The summed E-state index contributed by atoms with van der Waals surface area (Å²) in [7, 11) is -4.66. The number of hydrogen-bond donors (Lipinski definition) is 6. The number of ether oxygens (including phenoxy) is 2. The van der Waals surface area contributed by atoms with Crippen molar-refractivity contribution in [3.05, 3.63) is 25.3 Å². The minimum absolute atomic E-state index is 0.0795. The summed E-state index contributed by atoms with van der Waals surface area (Å²) in [6.45, 7) is -0.988. The number of aromatic nitrogens is 8. The van der Waals surface area contributed by atoms with Gasteiger partial charge in [0, 0.05) is 6.42 Å². The first-order valence-corrected chi connectivity index (χ1v) is 13.5. The highest BCUT2D eigenvalue weighted by atomic mass is 31.2. The number of fused-ring (bicyclic) bond motifs is 2. The highest BCUT2D eigenvalue weighted by molar-refractivity contribution is 7.47. The third-order valence-electron chi connectivity index (χ3n) is 6.65. The van der Waals surface area contributed by atoms with Gasteiger partial charge in [-0.2, -0.15) is 0 Å². The van der Waals surface area contributed by atoms with E-state index in [1.54, 1.807) is 0 Å². The van der Waals surface area contributed by atoms with E-state index in [1.807, 2.05) is 0 Å². The van der Waals surface area contributed by atoms with Crippen LogP contribution in [-0.2, 0) is 23.1 Å². The number of hydrogen-bond acceptors (Lipinski definition) is 16. The Kier molecular flexibility index (Phi) is 6.85. The summed E-state index contributed by atoms with van der Waals surface area (Å²) in [6, 6.07) is 0. The first-order valence-electron chi connectivity index (χ1n) is 12.0. The maximum absolute atomic E-state index is 12.5. The molecule has 2 aliphatic heterocycles. The first-order chi connectivity index (χ1) is 19.1. The summed E-state index contributed by atoms with van der Waals surface area (Å²) in [4.78, 5) is 34.3. The van der Waals surface area contributed by atoms with Crippen LogP contribution in [0, 0.1) is 0 Å². The second-order valence-corrected chi connectivity index (χ2v) is 10.7. The van der Waals surface area contributed by atoms with Gasteiger partial charge < -0.3 is 41.2 Å². The SMILES string of the molecule is Nc1ncnc2c1ncn2[C@@H]1O[C@H](COP(=O)(O)OC[C@@H]2C[C@@H](O)[C@H](n3cnc4c(N)ncnc43)O2)[C@@H](O)[C@H]1O. The van der Waals surface area contributed by atoms with Gasteiger partial charge >= 0.3 is 7.82 Å². The zero-order valence-electron chi connectivity index (χ0n) is 20.5. The lowest BCUT2D eigenvalue weighted by atomic mass is 10.1. The lowest BCUT2D eigenvalue weighted by Crippen LogP contribution is -2.33. The minimum Gasteiger partial charge on any atom is -0.388 e. The summed E-state index contributed by atoms with van der Waals surface area (Å²) < 4.78 is 37.0. The van der Waals surface area contributed by atoms with Gasteiger partial charge in [0.1, 0.15) is 48.1 Å². The number of anilines is 2. The molecule has 214 valence electrons. The molecule has 2 fully saturated rings. The van der Waals surface area contributed by atoms with Crippen LogP contribution in [0.1, 0.15) is 18.9 Å². The number of aliphatic hydroxyl groups is 3. The number of aliphatic hydroxyl groups excluding tert-OH is 3. The molecule has 6 heterocycles. The fourth-order valence-corrected chi connectivity index (χ4v) is 5.44. The van der Waals surface area contributed by atoms with Gasteiger partial charge in [0.05, 0.1) is 32.0 Å². The van der Waals surface area contributed by atoms with E-state index < -0.39 is 64.0 Å². The first kappa shape index (κ1) is 26.8. The number of nitrogens with two attached hydrogens (primary N) is 2. The van der Waals surface area contributed by atoms with Crippen molar-refractivity contribution in [2.75, 3.05) is 24.7 Å². The molecular formula is C20H25N10O9P. The Morgan fingerprint density at radius 3 is 2.05 bits per heavy atom. The molecule has 0 saturated carbocycles. The molecule has 0 radical (unpaired) electrons. The van der Waals surface area contributed by atoms with E-state index in [9.17, 15) is 24.8 Å². The molecule has 0 bridgehead atoms. The Balaban J connectivity index is 1.05. The smallest absolute Gasteiger partial charge is 0.388 e. The second kappa shape index (κ2) is 10.2. The number of nitrogens with zero attached hydrogens (tertiary/aromatic N) is 8. The fourth-order valence-electron chi connectivity index (χ4n) is 4.68. The van der Waals surface area contributed by atoms with Crippen molar-refractivity contribution < 1.29 is 43.3 Å². The van der Waals surface area contributed by atoms with Crippen molar-refractivity contribution in [2.45, 2.75) is 49.4 Å². The average Bonchev–Trinajstić information content (AvgIpc) is 3.69. The van der Waals surface area contributed by atoms with Gasteiger partial charge in [0.15, 0.2) is 35.4 Å². The molecule has 0 spiro atoms. The minimum atomic E-state index is -4.66. The van der Waals surface area contributed by atoms with Crippen molar-refractivity contribution in [2.24, 2.45) is 0 Å². The Hall–Kier alpha value is -3.39. The van der Waals surface area contributed by atoms with Crippen molar-refractivity contribution >= 4 is 41.8 Å². The van der Waals surface area contributed by atoms with Gasteiger partial charge in [-0.3, -0.25) is 18.2 Å². The summed E-state index contributed by atoms with van der Waals surface area (Å²) >= 11 is 0. The number of nitrogen functional groups attached to an aromatic ring is 2. The van der Waals surface area contributed by atoms with Gasteiger partial charge in [0.2, 0.25) is 0 Å². The monoisotopic (exact) mass is 580 g/mol. The van der Waals surface area contributed by atoms with Crippen molar-refractivity contribution in [3.8, 4) is 0 Å². The Bertz CT molecular complexity index is 1580. The quantitative estimate of drug-likeness (QED) is 0.126. The number of imidazole rings is 2. The van der Waals surface area contributed by atoms with Crippen LogP contribution < -0.4 is 11.5 Å². The second-order valence-electron chi connectivity index (χ2n) is 9.22. The third kappa shape index (κ3) is 4.76. The van der Waals surface area contributed by atoms with E-state index >= 15 is 0 Å². The van der Waals surface area contributed by atoms with Gasteiger partial charge in [-0.1, -0.05) is 0 Å². The zero-order chi connectivity index (χ0) is 28.2. The van der Waals surface area contributed by atoms with Gasteiger partial charge in [-0.25, -0.2) is 34.5 Å². The normalized spacial score (nSPS) is 30.4. The van der Waals surface area contributed by atoms with Crippen LogP contribution in [0.3, 0.4) is 0 Å². The summed E-state index contributed by atoms with van der Waals surface area (Å²) in [6.07, 6.45) is -2.65. The highest BCUT2D eigenvalue weighted by Gasteiger charge is 2.45. The number of phosphoric acid groups is 1. The Labute approximate surface area is 224 Å². The van der Waals surface area contributed by atoms with Gasteiger partial charge in [-0.05, 0) is 0 Å². The van der Waals surface area contributed by atoms with Crippen molar-refractivity contribution in [3.63, 3.8) is 0 Å². The maximum Gasteiger partial charge on any atom is 0.472 e. The van der Waals surface area contributed by atoms with Crippen LogP contribution in [0.4, 0.5) is 11.6 Å². The topological polar surface area (TPSA) is 274 Å². The fraction of sp³-hybridized carbons (Fsp3) is 0.500. The predicted octanol–water partition coefficient (Wildman–Crippen LogP) is -1.77. The molecule has 0 aliphatic carbocycles. The van der Waals surface area contributed by atoms with E-state index in [0.717, 1.165) is 0 Å². The van der Waals surface area contributed by atoms with Crippen LogP contribution >= 0.6 is 7.82 Å². The van der Waals surface area contributed by atoms with Crippen LogP contribution in [0.2, 0.25) is 0 Å². The molecule has 0 amide bonds. The van der Waals surface area contributed by atoms with E-state index in [1.165, 1.54) is 34.4 Å². The standard InChI is InChI=1S/C20H25N10O9P/c21-15-11-17(25-4-23-15)29(6-27-11)19-9(31)1-8(38-19)2-36-40(34,35)37-3-10-13(32)14(33)20(39-10)30-7-28-12-16(22)24-5-26-18(12)30/h4-10,13-14,19-20,31-33H,1-3H2,(H,34,35)(H2,21,23,25)(H2,22,24,26)/t8-,9+,10+,13+,14+,19+,20+/m0/s1. The molecule has 2 aliphatic rings. The van der Waals surface area contributed by atoms with Crippen LogP contribution in [-0.4, -0.2) is 103 Å². The van der Waals surface area contributed by atoms with E-state index in [-0.39, 0.29) is 29.2 Å². The Morgan fingerprint density at radius 1 is 0.850 bits per heavy atom. The molecule has 4 aromatic heterocycles. The zero-order valence-corrected chi connectivity index (χ0v) is 21.4. The number of rotatable bonds is 8. The summed E-state index contributed by atoms with van der Waals surface area (Å²) in [5, 5.41) is 31.5. The predicted molar refractivity (Wildman–Crippen MR) is 132 cm³/mol. The third-order valence-corrected chi connectivity index (χ3v) is 7.60.